The lowest BCUT2D eigenvalue weighted by atomic mass is 9.55. The molecule has 2 fully saturated rings. The highest BCUT2D eigenvalue weighted by atomic mass is 16.7. The lowest BCUT2D eigenvalue weighted by molar-refractivity contribution is -0.132. The first-order valence-corrected chi connectivity index (χ1v) is 14.9. The van der Waals surface area contributed by atoms with Crippen molar-refractivity contribution >= 4 is 0 Å². The van der Waals surface area contributed by atoms with Gasteiger partial charge in [-0.1, -0.05) is 61.9 Å². The van der Waals surface area contributed by atoms with Crippen LogP contribution in [0.3, 0.4) is 0 Å². The van der Waals surface area contributed by atoms with Crippen molar-refractivity contribution in [3.05, 3.63) is 72.0 Å². The molecule has 3 aliphatic carbocycles. The zero-order chi connectivity index (χ0) is 27.5. The highest BCUT2D eigenvalue weighted by molar-refractivity contribution is 5.26. The van der Waals surface area contributed by atoms with Crippen LogP contribution in [0.15, 0.2) is 66.5 Å². The fraction of sp³-hybridized carbons (Fsp3) is 0.647. The van der Waals surface area contributed by atoms with E-state index < -0.39 is 0 Å². The summed E-state index contributed by atoms with van der Waals surface area (Å²) in [5, 5.41) is 0. The lowest BCUT2D eigenvalue weighted by Gasteiger charge is -2.51. The van der Waals surface area contributed by atoms with Gasteiger partial charge in [-0.05, 0) is 98.2 Å². The molecule has 6 atom stereocenters. The molecule has 0 N–H and O–H groups in total. The van der Waals surface area contributed by atoms with Crippen LogP contribution in [0.2, 0.25) is 0 Å². The Balaban J connectivity index is 1.46. The van der Waals surface area contributed by atoms with Gasteiger partial charge >= 0.3 is 0 Å². The van der Waals surface area contributed by atoms with Gasteiger partial charge in [-0.3, -0.25) is 0 Å². The maximum Gasteiger partial charge on any atom is 0.188 e. The molecule has 0 bridgehead atoms. The first-order valence-electron chi connectivity index (χ1n) is 14.9. The van der Waals surface area contributed by atoms with Crippen LogP contribution in [0, 0.1) is 29.1 Å². The zero-order valence-electron chi connectivity index (χ0n) is 24.4. The molecule has 0 aromatic heterocycles. The van der Waals surface area contributed by atoms with E-state index >= 15 is 0 Å². The van der Waals surface area contributed by atoms with Gasteiger partial charge in [0.2, 0.25) is 0 Å². The van der Waals surface area contributed by atoms with Crippen molar-refractivity contribution in [3.63, 3.8) is 0 Å². The van der Waals surface area contributed by atoms with Gasteiger partial charge in [0, 0.05) is 20.8 Å². The molecule has 0 spiro atoms. The summed E-state index contributed by atoms with van der Waals surface area (Å²) in [5.41, 5.74) is 2.60. The van der Waals surface area contributed by atoms with Gasteiger partial charge in [-0.2, -0.15) is 0 Å². The minimum absolute atomic E-state index is 0.217. The Bertz CT molecular complexity index is 940. The second kappa shape index (κ2) is 15.2. The Kier molecular flexibility index (Phi) is 11.7. The van der Waals surface area contributed by atoms with Crippen molar-refractivity contribution in [2.75, 3.05) is 34.4 Å². The lowest BCUT2D eigenvalue weighted by Crippen LogP contribution is -2.46. The standard InChI is InChI=1S/C34H50O5/c1-26-21-29(13-8-9-20-37-23-27-11-6-5-7-12-27)33-28(14-10-15-30(22-26)38-24-35-3)18-19-34(2)31(33)16-17-32(34)39-25-36-4/h5-7,10-12,15,22,28-29,31-33H,1,8-9,13-14,16-21,23-25H2,2-4H3/b15-10-,30-22+/t28-,29+,31-,32-,33-,34-/m0/s1. The van der Waals surface area contributed by atoms with Gasteiger partial charge in [0.25, 0.3) is 0 Å². The Morgan fingerprint density at radius 3 is 2.62 bits per heavy atom. The molecule has 4 rings (SSSR count). The van der Waals surface area contributed by atoms with Gasteiger partial charge in [0.15, 0.2) is 6.79 Å². The molecule has 1 aromatic carbocycles. The van der Waals surface area contributed by atoms with E-state index in [0.717, 1.165) is 43.6 Å². The van der Waals surface area contributed by atoms with Crippen LogP contribution in [0.5, 0.6) is 0 Å². The third kappa shape index (κ3) is 8.07. The molecule has 5 nitrogen and oxygen atoms in total. The molecule has 1 aromatic rings. The second-order valence-corrected chi connectivity index (χ2v) is 12.0. The topological polar surface area (TPSA) is 46.2 Å². The molecule has 0 radical (unpaired) electrons. The number of fused-ring (bicyclic) bond motifs is 3. The third-order valence-electron chi connectivity index (χ3n) is 9.48. The Labute approximate surface area is 236 Å². The first-order chi connectivity index (χ1) is 19.0. The minimum Gasteiger partial charge on any atom is -0.468 e. The fourth-order valence-corrected chi connectivity index (χ4v) is 7.66. The minimum atomic E-state index is 0.217. The number of hydrogen-bond acceptors (Lipinski definition) is 5. The summed E-state index contributed by atoms with van der Waals surface area (Å²) in [7, 11) is 3.39. The maximum atomic E-state index is 6.27. The van der Waals surface area contributed by atoms with Crippen LogP contribution in [-0.2, 0) is 30.3 Å². The van der Waals surface area contributed by atoms with Crippen molar-refractivity contribution in [3.8, 4) is 0 Å². The molecular weight excluding hydrogens is 488 g/mol. The number of hydrogen-bond donors (Lipinski definition) is 0. The Morgan fingerprint density at radius 2 is 1.82 bits per heavy atom. The summed E-state index contributed by atoms with van der Waals surface area (Å²) >= 11 is 0. The Morgan fingerprint density at radius 1 is 1.00 bits per heavy atom. The number of methoxy groups -OCH3 is 2. The number of benzene rings is 1. The van der Waals surface area contributed by atoms with Gasteiger partial charge < -0.3 is 23.7 Å². The normalized spacial score (nSPS) is 33.1. The molecule has 0 saturated heterocycles. The van der Waals surface area contributed by atoms with Crippen molar-refractivity contribution < 1.29 is 23.7 Å². The van der Waals surface area contributed by atoms with Crippen LogP contribution in [0.4, 0.5) is 0 Å². The summed E-state index contributed by atoms with van der Waals surface area (Å²) in [5.74, 6) is 3.46. The smallest absolute Gasteiger partial charge is 0.188 e. The molecule has 39 heavy (non-hydrogen) atoms. The van der Waals surface area contributed by atoms with Crippen LogP contribution >= 0.6 is 0 Å². The van der Waals surface area contributed by atoms with E-state index in [1.807, 2.05) is 6.07 Å². The zero-order valence-corrected chi connectivity index (χ0v) is 24.4. The average molecular weight is 539 g/mol. The van der Waals surface area contributed by atoms with Gasteiger partial charge in [-0.25, -0.2) is 0 Å². The van der Waals surface area contributed by atoms with Crippen molar-refractivity contribution in [1.29, 1.82) is 0 Å². The maximum absolute atomic E-state index is 6.27. The number of allylic oxidation sites excluding steroid dienone is 4. The van der Waals surface area contributed by atoms with Gasteiger partial charge in [0.1, 0.15) is 12.6 Å². The summed E-state index contributed by atoms with van der Waals surface area (Å²) in [4.78, 5) is 0. The van der Waals surface area contributed by atoms with Gasteiger partial charge in [0.05, 0.1) is 12.7 Å². The van der Waals surface area contributed by atoms with E-state index in [9.17, 15) is 0 Å². The molecule has 0 unspecified atom stereocenters. The summed E-state index contributed by atoms with van der Waals surface area (Å²) in [6, 6.07) is 10.5. The van der Waals surface area contributed by atoms with Crippen LogP contribution in [0.25, 0.3) is 0 Å². The van der Waals surface area contributed by atoms with E-state index in [-0.39, 0.29) is 12.2 Å². The fourth-order valence-electron chi connectivity index (χ4n) is 7.66. The molecule has 3 aliphatic rings. The molecule has 0 amide bonds. The van der Waals surface area contributed by atoms with E-state index in [2.05, 4.69) is 56.0 Å². The first kappa shape index (κ1) is 30.0. The molecule has 216 valence electrons. The van der Waals surface area contributed by atoms with Crippen LogP contribution in [-0.4, -0.2) is 40.5 Å². The molecule has 0 aliphatic heterocycles. The van der Waals surface area contributed by atoms with Crippen molar-refractivity contribution in [2.45, 2.75) is 77.4 Å². The summed E-state index contributed by atoms with van der Waals surface area (Å²) in [6.07, 6.45) is 17.3. The van der Waals surface area contributed by atoms with Gasteiger partial charge in [-0.15, -0.1) is 0 Å². The van der Waals surface area contributed by atoms with E-state index in [1.165, 1.54) is 37.7 Å². The molecular formula is C34H50O5. The number of unbranched alkanes of at least 4 members (excludes halogenated alkanes) is 1. The SMILES string of the molecule is C=C1/C=C(OCOC)\C=C/C[C@H]2CC[C@]3(C)[C@@H](OCOC)CC[C@H]3[C@@H]2[C@H](CCCCOCc2ccccc2)C1. The third-order valence-corrected chi connectivity index (χ3v) is 9.48. The average Bonchev–Trinajstić information content (AvgIpc) is 3.27. The molecule has 5 heteroatoms. The molecule has 0 heterocycles. The predicted molar refractivity (Wildman–Crippen MR) is 156 cm³/mol. The summed E-state index contributed by atoms with van der Waals surface area (Å²) < 4.78 is 28.6. The van der Waals surface area contributed by atoms with Crippen LogP contribution in [0.1, 0.15) is 70.3 Å². The Hall–Kier alpha value is -1.92. The quantitative estimate of drug-likeness (QED) is 0.189. The van der Waals surface area contributed by atoms with Crippen molar-refractivity contribution in [1.82, 2.24) is 0 Å². The summed E-state index contributed by atoms with van der Waals surface area (Å²) in [6.45, 7) is 9.13. The molecule has 2 saturated carbocycles. The number of ether oxygens (including phenoxy) is 5. The predicted octanol–water partition coefficient (Wildman–Crippen LogP) is 7.83. The highest BCUT2D eigenvalue weighted by Gasteiger charge is 2.55. The number of rotatable bonds is 13. The van der Waals surface area contributed by atoms with Crippen molar-refractivity contribution in [2.24, 2.45) is 29.1 Å². The van der Waals surface area contributed by atoms with Crippen LogP contribution < -0.4 is 0 Å². The van der Waals surface area contributed by atoms with E-state index in [0.29, 0.717) is 43.2 Å². The van der Waals surface area contributed by atoms with E-state index in [1.54, 1.807) is 14.2 Å². The van der Waals surface area contributed by atoms with E-state index in [4.69, 9.17) is 23.7 Å². The monoisotopic (exact) mass is 538 g/mol. The second-order valence-electron chi connectivity index (χ2n) is 12.0. The highest BCUT2D eigenvalue weighted by Crippen LogP contribution is 2.60. The largest absolute Gasteiger partial charge is 0.468 e.